The van der Waals surface area contributed by atoms with E-state index in [1.165, 1.54) is 5.56 Å². The van der Waals surface area contributed by atoms with Crippen molar-refractivity contribution in [1.82, 2.24) is 10.6 Å². The molecule has 0 unspecified atom stereocenters. The second-order valence-electron chi connectivity index (χ2n) is 7.71. The summed E-state index contributed by atoms with van der Waals surface area (Å²) in [5, 5.41) is 15.6. The molecule has 0 aromatic heterocycles. The molecule has 1 amide bonds. The van der Waals surface area contributed by atoms with Gasteiger partial charge < -0.3 is 15.5 Å². The van der Waals surface area contributed by atoms with Gasteiger partial charge in [0.1, 0.15) is 0 Å². The maximum absolute atomic E-state index is 12.9. The van der Waals surface area contributed by atoms with Crippen molar-refractivity contribution >= 4 is 36.4 Å². The van der Waals surface area contributed by atoms with Crippen LogP contribution in [0.25, 0.3) is 0 Å². The summed E-state index contributed by atoms with van der Waals surface area (Å²) < 4.78 is 0. The number of carbonyl (C=O) groups is 1. The molecule has 2 heterocycles. The second kappa shape index (κ2) is 11.2. The van der Waals surface area contributed by atoms with Gasteiger partial charge in [0, 0.05) is 43.8 Å². The second-order valence-corrected chi connectivity index (χ2v) is 7.71. The van der Waals surface area contributed by atoms with Crippen LogP contribution in [0.2, 0.25) is 0 Å². The summed E-state index contributed by atoms with van der Waals surface area (Å²) in [5.74, 6) is 0.426. The highest BCUT2D eigenvalue weighted by Crippen LogP contribution is 2.29. The zero-order valence-corrected chi connectivity index (χ0v) is 18.4. The van der Waals surface area contributed by atoms with Gasteiger partial charge in [0.2, 0.25) is 5.91 Å². The first-order chi connectivity index (χ1) is 13.7. The van der Waals surface area contributed by atoms with Crippen LogP contribution < -0.4 is 15.5 Å². The van der Waals surface area contributed by atoms with Crippen molar-refractivity contribution in [2.75, 3.05) is 31.1 Å². The zero-order valence-electron chi connectivity index (χ0n) is 16.8. The third-order valence-corrected chi connectivity index (χ3v) is 5.98. The molecule has 7 heteroatoms. The SMILES string of the molecule is Cl.Cl.N#Cc1ccc(N2CCC(NC(=O)[C@@H]3CNC[C@H]3c3ccccc3)CC2)cc1. The molecule has 2 fully saturated rings. The molecular weight excluding hydrogens is 419 g/mol. The number of benzene rings is 2. The first-order valence-electron chi connectivity index (χ1n) is 10.1. The van der Waals surface area contributed by atoms with Crippen molar-refractivity contribution in [3.05, 3.63) is 65.7 Å². The van der Waals surface area contributed by atoms with Gasteiger partial charge in [-0.25, -0.2) is 0 Å². The number of hydrogen-bond acceptors (Lipinski definition) is 4. The molecule has 2 aromatic carbocycles. The van der Waals surface area contributed by atoms with Crippen molar-refractivity contribution in [3.63, 3.8) is 0 Å². The molecule has 0 bridgehead atoms. The van der Waals surface area contributed by atoms with Crippen molar-refractivity contribution in [1.29, 1.82) is 5.26 Å². The molecule has 2 saturated heterocycles. The monoisotopic (exact) mass is 446 g/mol. The summed E-state index contributed by atoms with van der Waals surface area (Å²) >= 11 is 0. The van der Waals surface area contributed by atoms with E-state index in [1.807, 2.05) is 42.5 Å². The van der Waals surface area contributed by atoms with Gasteiger partial charge in [0.25, 0.3) is 0 Å². The van der Waals surface area contributed by atoms with E-state index in [9.17, 15) is 4.79 Å². The van der Waals surface area contributed by atoms with Crippen LogP contribution >= 0.6 is 24.8 Å². The van der Waals surface area contributed by atoms with Crippen LogP contribution in [0, 0.1) is 17.2 Å². The fraction of sp³-hybridized carbons (Fsp3) is 0.391. The summed E-state index contributed by atoms with van der Waals surface area (Å²) in [5.41, 5.74) is 3.07. The largest absolute Gasteiger partial charge is 0.371 e. The molecule has 0 saturated carbocycles. The number of anilines is 1. The van der Waals surface area contributed by atoms with Gasteiger partial charge in [-0.2, -0.15) is 5.26 Å². The number of nitrogens with zero attached hydrogens (tertiary/aromatic N) is 2. The molecular formula is C23H28Cl2N4O. The molecule has 5 nitrogen and oxygen atoms in total. The molecule has 2 atom stereocenters. The maximum atomic E-state index is 12.9. The van der Waals surface area contributed by atoms with Gasteiger partial charge in [0.05, 0.1) is 17.6 Å². The molecule has 0 aliphatic carbocycles. The van der Waals surface area contributed by atoms with E-state index in [1.54, 1.807) is 0 Å². The minimum atomic E-state index is -0.000967. The van der Waals surface area contributed by atoms with E-state index in [0.29, 0.717) is 5.56 Å². The van der Waals surface area contributed by atoms with Crippen LogP contribution in [0.5, 0.6) is 0 Å². The number of amides is 1. The first kappa shape index (κ1) is 24.0. The predicted octanol–water partition coefficient (Wildman–Crippen LogP) is 3.49. The minimum absolute atomic E-state index is 0. The van der Waals surface area contributed by atoms with Gasteiger partial charge in [-0.3, -0.25) is 4.79 Å². The fourth-order valence-electron chi connectivity index (χ4n) is 4.34. The van der Waals surface area contributed by atoms with Gasteiger partial charge in [-0.1, -0.05) is 30.3 Å². The smallest absolute Gasteiger partial charge is 0.225 e. The average molecular weight is 447 g/mol. The van der Waals surface area contributed by atoms with E-state index in [-0.39, 0.29) is 48.6 Å². The lowest BCUT2D eigenvalue weighted by Crippen LogP contribution is -2.47. The highest BCUT2D eigenvalue weighted by Gasteiger charge is 2.35. The maximum Gasteiger partial charge on any atom is 0.225 e. The number of hydrogen-bond donors (Lipinski definition) is 2. The zero-order chi connectivity index (χ0) is 19.3. The standard InChI is InChI=1S/C23H26N4O.2ClH/c24-14-17-6-8-20(9-7-17)27-12-10-19(11-13-27)26-23(28)22-16-25-15-21(22)18-4-2-1-3-5-18;;/h1-9,19,21-22,25H,10-13,15-16H2,(H,26,28);2*1H/t21-,22+;;/m0../s1. The van der Waals surface area contributed by atoms with Crippen LogP contribution in [0.3, 0.4) is 0 Å². The molecule has 4 rings (SSSR count). The minimum Gasteiger partial charge on any atom is -0.371 e. The van der Waals surface area contributed by atoms with Crippen LogP contribution in [0.1, 0.15) is 29.9 Å². The van der Waals surface area contributed by atoms with Gasteiger partial charge >= 0.3 is 0 Å². The summed E-state index contributed by atoms with van der Waals surface area (Å²) in [7, 11) is 0. The summed E-state index contributed by atoms with van der Waals surface area (Å²) in [6.07, 6.45) is 1.89. The van der Waals surface area contributed by atoms with Crippen molar-refractivity contribution in [3.8, 4) is 6.07 Å². The molecule has 30 heavy (non-hydrogen) atoms. The quantitative estimate of drug-likeness (QED) is 0.753. The van der Waals surface area contributed by atoms with Crippen LogP contribution in [-0.4, -0.2) is 38.1 Å². The number of carbonyl (C=O) groups excluding carboxylic acids is 1. The lowest BCUT2D eigenvalue weighted by atomic mass is 9.88. The Labute approximate surface area is 190 Å². The lowest BCUT2D eigenvalue weighted by Gasteiger charge is -2.34. The van der Waals surface area contributed by atoms with Crippen molar-refractivity contribution < 1.29 is 4.79 Å². The first-order valence-corrected chi connectivity index (χ1v) is 10.1. The van der Waals surface area contributed by atoms with Crippen LogP contribution in [-0.2, 0) is 4.79 Å². The fourth-order valence-corrected chi connectivity index (χ4v) is 4.34. The van der Waals surface area contributed by atoms with Crippen molar-refractivity contribution in [2.45, 2.75) is 24.8 Å². The molecule has 0 spiro atoms. The van der Waals surface area contributed by atoms with E-state index in [4.69, 9.17) is 5.26 Å². The molecule has 0 radical (unpaired) electrons. The summed E-state index contributed by atoms with van der Waals surface area (Å²) in [6, 6.07) is 20.5. The Morgan fingerprint density at radius 3 is 2.30 bits per heavy atom. The molecule has 2 aromatic rings. The normalized spacial score (nSPS) is 21.1. The third-order valence-electron chi connectivity index (χ3n) is 5.98. The summed E-state index contributed by atoms with van der Waals surface area (Å²) in [4.78, 5) is 15.3. The van der Waals surface area contributed by atoms with Gasteiger partial charge in [-0.05, 0) is 42.7 Å². The Bertz CT molecular complexity index is 846. The third kappa shape index (κ3) is 5.46. The molecule has 2 N–H and O–H groups in total. The Hall–Kier alpha value is -2.26. The lowest BCUT2D eigenvalue weighted by molar-refractivity contribution is -0.125. The number of piperidine rings is 1. The Kier molecular flexibility index (Phi) is 8.98. The highest BCUT2D eigenvalue weighted by molar-refractivity contribution is 5.85. The van der Waals surface area contributed by atoms with Crippen LogP contribution in [0.15, 0.2) is 54.6 Å². The van der Waals surface area contributed by atoms with E-state index in [2.05, 4.69) is 33.7 Å². The Morgan fingerprint density at radius 1 is 1.00 bits per heavy atom. The Morgan fingerprint density at radius 2 is 1.67 bits per heavy atom. The Balaban J connectivity index is 0.00000160. The number of nitriles is 1. The van der Waals surface area contributed by atoms with Gasteiger partial charge in [-0.15, -0.1) is 24.8 Å². The number of rotatable bonds is 4. The van der Waals surface area contributed by atoms with E-state index < -0.39 is 0 Å². The van der Waals surface area contributed by atoms with Gasteiger partial charge in [0.15, 0.2) is 0 Å². The van der Waals surface area contributed by atoms with Crippen LogP contribution in [0.4, 0.5) is 5.69 Å². The predicted molar refractivity (Wildman–Crippen MR) is 125 cm³/mol. The molecule has 2 aliphatic heterocycles. The average Bonchev–Trinajstić information content (AvgIpc) is 3.25. The molecule has 2 aliphatic rings. The summed E-state index contributed by atoms with van der Waals surface area (Å²) in [6.45, 7) is 3.44. The number of halogens is 2. The topological polar surface area (TPSA) is 68.2 Å². The van der Waals surface area contributed by atoms with E-state index >= 15 is 0 Å². The van der Waals surface area contributed by atoms with Crippen molar-refractivity contribution in [2.24, 2.45) is 5.92 Å². The van der Waals surface area contributed by atoms with E-state index in [0.717, 1.165) is 44.7 Å². The highest BCUT2D eigenvalue weighted by atomic mass is 35.5. The number of nitrogens with one attached hydrogen (secondary N) is 2. The molecule has 160 valence electrons.